The second-order valence-corrected chi connectivity index (χ2v) is 12.1. The fourth-order valence-corrected chi connectivity index (χ4v) is 6.12. The molecule has 0 saturated heterocycles. The maximum atomic E-state index is 13.8. The van der Waals surface area contributed by atoms with E-state index < -0.39 is 26.2 Å². The number of sulfonamides is 1. The third kappa shape index (κ3) is 4.20. The Morgan fingerprint density at radius 3 is 2.56 bits per heavy atom. The summed E-state index contributed by atoms with van der Waals surface area (Å²) in [7, 11) is -7.38. The van der Waals surface area contributed by atoms with E-state index in [0.29, 0.717) is 12.0 Å². The first-order valence-electron chi connectivity index (χ1n) is 10.7. The van der Waals surface area contributed by atoms with Gasteiger partial charge in [0.05, 0.1) is 23.0 Å². The van der Waals surface area contributed by atoms with Crippen molar-refractivity contribution >= 4 is 49.6 Å². The number of Topliss-reactive ketones (excluding diaryl/α,β-unsaturated/α-hetero) is 1. The van der Waals surface area contributed by atoms with Gasteiger partial charge in [-0.05, 0) is 37.1 Å². The number of carbonyl (C=O) groups is 1. The topological polar surface area (TPSA) is 148 Å². The average molecular weight is 506 g/mol. The minimum Gasteiger partial charge on any atom is -0.506 e. The van der Waals surface area contributed by atoms with Crippen LogP contribution in [0.4, 0.5) is 11.4 Å². The smallest absolute Gasteiger partial charge is 0.229 e. The molecule has 9 nitrogen and oxygen atoms in total. The third-order valence-electron chi connectivity index (χ3n) is 6.06. The summed E-state index contributed by atoms with van der Waals surface area (Å²) in [5.74, 6) is -0.789. The second kappa shape index (κ2) is 8.42. The Kier molecular flexibility index (Phi) is 6.01. The third-order valence-corrected chi connectivity index (χ3v) is 8.03. The van der Waals surface area contributed by atoms with Gasteiger partial charge in [0.25, 0.3) is 0 Å². The van der Waals surface area contributed by atoms with Crippen LogP contribution in [0.2, 0.25) is 0 Å². The number of hydrogen-bond acceptors (Lipinski definition) is 8. The summed E-state index contributed by atoms with van der Waals surface area (Å²) < 4.78 is 51.0. The number of nitrogens with zero attached hydrogens (tertiary/aromatic N) is 1. The summed E-state index contributed by atoms with van der Waals surface area (Å²) in [6.07, 6.45) is 3.21. The van der Waals surface area contributed by atoms with Crippen molar-refractivity contribution in [2.45, 2.75) is 43.4 Å². The number of amidine groups is 1. The van der Waals surface area contributed by atoms with E-state index in [1.54, 1.807) is 12.1 Å². The lowest BCUT2D eigenvalue weighted by atomic mass is 9.67. The maximum absolute atomic E-state index is 13.8. The summed E-state index contributed by atoms with van der Waals surface area (Å²) in [5.41, 5.74) is 0.557. The molecule has 2 aromatic carbocycles. The number of aliphatic hydroxyl groups is 1. The van der Waals surface area contributed by atoms with Gasteiger partial charge in [-0.3, -0.25) is 18.6 Å². The normalized spacial score (nSPS) is 22.3. The van der Waals surface area contributed by atoms with Crippen LogP contribution in [0.3, 0.4) is 0 Å². The number of rotatable bonds is 6. The first kappa shape index (κ1) is 24.3. The number of anilines is 2. The second-order valence-electron chi connectivity index (χ2n) is 8.70. The zero-order valence-corrected chi connectivity index (χ0v) is 20.6. The lowest BCUT2D eigenvalue weighted by Gasteiger charge is -2.39. The zero-order valence-electron chi connectivity index (χ0n) is 19.0. The lowest BCUT2D eigenvalue weighted by Crippen LogP contribution is -2.42. The van der Waals surface area contributed by atoms with Crippen molar-refractivity contribution in [3.63, 3.8) is 0 Å². The molecule has 2 aromatic rings. The van der Waals surface area contributed by atoms with E-state index in [2.05, 4.69) is 14.4 Å². The highest BCUT2D eigenvalue weighted by Crippen LogP contribution is 2.57. The average Bonchev–Trinajstić information content (AvgIpc) is 2.76. The number of unbranched alkanes of at least 4 members (excludes halogenated alkanes) is 1. The molecule has 0 radical (unpaired) electrons. The molecule has 11 heteroatoms. The van der Waals surface area contributed by atoms with Crippen LogP contribution in [-0.4, -0.2) is 40.5 Å². The van der Waals surface area contributed by atoms with Crippen molar-refractivity contribution in [2.75, 3.05) is 16.3 Å². The number of nitrogens with one attached hydrogen (secondary N) is 2. The van der Waals surface area contributed by atoms with Gasteiger partial charge in [-0.25, -0.2) is 8.42 Å². The Morgan fingerprint density at radius 1 is 1.18 bits per heavy atom. The molecule has 0 amide bonds. The van der Waals surface area contributed by atoms with Gasteiger partial charge in [0, 0.05) is 5.56 Å². The fraction of sp³-hybridized carbons (Fsp3) is 0.304. The zero-order chi connectivity index (χ0) is 24.9. The summed E-state index contributed by atoms with van der Waals surface area (Å²) >= 11 is 0. The van der Waals surface area contributed by atoms with Gasteiger partial charge in [-0.1, -0.05) is 54.8 Å². The van der Waals surface area contributed by atoms with Crippen LogP contribution in [-0.2, 0) is 20.2 Å². The van der Waals surface area contributed by atoms with Gasteiger partial charge in [0.2, 0.25) is 10.0 Å². The van der Waals surface area contributed by atoms with Crippen molar-refractivity contribution in [2.24, 2.45) is 4.40 Å². The highest BCUT2D eigenvalue weighted by molar-refractivity contribution is 8.23. The first-order chi connectivity index (χ1) is 15.9. The maximum Gasteiger partial charge on any atom is 0.229 e. The Bertz CT molecular complexity index is 1350. The van der Waals surface area contributed by atoms with Crippen molar-refractivity contribution in [3.8, 4) is 0 Å². The van der Waals surface area contributed by atoms with Crippen molar-refractivity contribution in [1.82, 2.24) is 0 Å². The number of carbonyl (C=O) groups excluding carboxylic acids is 1. The van der Waals surface area contributed by atoms with Gasteiger partial charge < -0.3 is 10.4 Å². The molecule has 5 N–H and O–H groups in total. The molecular weight excluding hydrogens is 478 g/mol. The van der Waals surface area contributed by atoms with Gasteiger partial charge in [0.1, 0.15) is 16.2 Å². The molecule has 4 rings (SSSR count). The van der Waals surface area contributed by atoms with Gasteiger partial charge in [-0.2, -0.15) is 0 Å². The molecule has 0 aromatic heterocycles. The van der Waals surface area contributed by atoms with Gasteiger partial charge in [0.15, 0.2) is 11.6 Å². The number of ketones is 1. The largest absolute Gasteiger partial charge is 0.506 e. The Labute approximate surface area is 200 Å². The molecular formula is C23H27N3O6S2. The highest BCUT2D eigenvalue weighted by Gasteiger charge is 2.46. The lowest BCUT2D eigenvalue weighted by molar-refractivity contribution is -0.120. The molecule has 0 saturated carbocycles. The molecule has 1 aliphatic heterocycles. The van der Waals surface area contributed by atoms with E-state index in [1.807, 2.05) is 26.0 Å². The predicted octanol–water partition coefficient (Wildman–Crippen LogP) is 4.91. The Hall–Kier alpha value is -2.86. The van der Waals surface area contributed by atoms with E-state index in [9.17, 15) is 27.4 Å². The molecule has 2 aliphatic rings. The fourth-order valence-electron chi connectivity index (χ4n) is 4.37. The number of benzene rings is 2. The van der Waals surface area contributed by atoms with Crippen LogP contribution in [0.1, 0.15) is 44.2 Å². The van der Waals surface area contributed by atoms with Gasteiger partial charge in [-0.15, -0.1) is 4.40 Å². The Balaban J connectivity index is 1.83. The molecule has 1 unspecified atom stereocenters. The van der Waals surface area contributed by atoms with E-state index in [-0.39, 0.29) is 39.2 Å². The summed E-state index contributed by atoms with van der Waals surface area (Å²) in [4.78, 5) is 13.8. The van der Waals surface area contributed by atoms with Crippen molar-refractivity contribution in [3.05, 3.63) is 59.2 Å². The molecule has 0 spiro atoms. The number of fused-ring (bicyclic) bond motifs is 2. The molecule has 1 atom stereocenters. The van der Waals surface area contributed by atoms with E-state index >= 15 is 0 Å². The quantitative estimate of drug-likeness (QED) is 0.375. The monoisotopic (exact) mass is 505 g/mol. The molecule has 1 heterocycles. The van der Waals surface area contributed by atoms with Crippen LogP contribution < -0.4 is 10.0 Å². The van der Waals surface area contributed by atoms with E-state index in [4.69, 9.17) is 0 Å². The van der Waals surface area contributed by atoms with Crippen LogP contribution in [0, 0.1) is 0 Å². The standard InChI is InChI=1S/C23H27N3O6S2/c1-4-5-12-23(2)16-9-7-6-8-15(16)20(27)19(21(23)28)22-24-17-11-10-14(25-33(3,29)30)13-18(17)34(31,32)26-22/h6-11,13,25,27,31-32H,4-5,12H2,1-3H3,(H,24,26). The molecule has 0 fully saturated rings. The molecule has 1 aliphatic carbocycles. The van der Waals surface area contributed by atoms with Crippen molar-refractivity contribution < 1.29 is 27.4 Å². The first-order valence-corrected chi connectivity index (χ1v) is 14.1. The minimum absolute atomic E-state index is 0.0256. The van der Waals surface area contributed by atoms with Crippen LogP contribution >= 0.6 is 10.8 Å². The summed E-state index contributed by atoms with van der Waals surface area (Å²) in [6, 6.07) is 11.3. The SMILES string of the molecule is CCCCC1(C)C(=O)C(C2=NS(O)(O)c3cc(NS(C)(=O)=O)ccc3N2)=C(O)c2ccccc21. The van der Waals surface area contributed by atoms with E-state index in [1.165, 1.54) is 18.2 Å². The summed E-state index contributed by atoms with van der Waals surface area (Å²) in [6.45, 7) is 3.86. The highest BCUT2D eigenvalue weighted by atomic mass is 32.3. The van der Waals surface area contributed by atoms with Crippen LogP contribution in [0.25, 0.3) is 5.76 Å². The Morgan fingerprint density at radius 2 is 1.88 bits per heavy atom. The summed E-state index contributed by atoms with van der Waals surface area (Å²) in [5, 5.41) is 14.0. The molecule has 34 heavy (non-hydrogen) atoms. The number of hydrogen-bond donors (Lipinski definition) is 5. The van der Waals surface area contributed by atoms with E-state index in [0.717, 1.165) is 24.7 Å². The van der Waals surface area contributed by atoms with Crippen LogP contribution in [0.15, 0.2) is 57.3 Å². The van der Waals surface area contributed by atoms with Crippen molar-refractivity contribution in [1.29, 1.82) is 0 Å². The van der Waals surface area contributed by atoms with Gasteiger partial charge >= 0.3 is 0 Å². The number of aliphatic hydroxyl groups excluding tert-OH is 1. The molecule has 182 valence electrons. The predicted molar refractivity (Wildman–Crippen MR) is 135 cm³/mol. The minimum atomic E-state index is -3.80. The molecule has 0 bridgehead atoms. The van der Waals surface area contributed by atoms with Crippen LogP contribution in [0.5, 0.6) is 0 Å².